The van der Waals surface area contributed by atoms with Crippen LogP contribution in [0, 0.1) is 0 Å². The van der Waals surface area contributed by atoms with Crippen molar-refractivity contribution >= 4 is 34.8 Å². The smallest absolute Gasteiger partial charge is 0.373 e. The molecule has 1 aromatic heterocycles. The quantitative estimate of drug-likeness (QED) is 0.262. The van der Waals surface area contributed by atoms with Gasteiger partial charge in [-0.1, -0.05) is 18.2 Å². The highest BCUT2D eigenvalue weighted by molar-refractivity contribution is 6.22. The lowest BCUT2D eigenvalue weighted by atomic mass is 9.97. The molecule has 0 aliphatic carbocycles. The first kappa shape index (κ1) is 30.2. The molecule has 224 valence electrons. The minimum atomic E-state index is -4.47. The minimum absolute atomic E-state index is 0.000647. The number of hydrogen-bond acceptors (Lipinski definition) is 5. The van der Waals surface area contributed by atoms with Crippen LogP contribution in [0.4, 0.5) is 24.5 Å². The topological polar surface area (TPSA) is 86.4 Å². The standard InChI is InChI=1S/C32H31ClF3N5O2/c33-21-31(12-2-3-13-39-31)30(43)40-27-10-9-25(41-15-4-1-5-16-41)19-26(27)28-18-23(11-14-37-28)29(42)38-20-22-7-6-8-24(17-22)32(34,35)36/h2-3,6-14,17-19,39H,1,4-5,15-16,20-21H2,(H,38,42)(H,40,43). The molecular formula is C32H31ClF3N5O2. The molecule has 0 saturated carbocycles. The minimum Gasteiger partial charge on any atom is -0.373 e. The van der Waals surface area contributed by atoms with Crippen molar-refractivity contribution in [1.29, 1.82) is 0 Å². The van der Waals surface area contributed by atoms with Crippen LogP contribution in [0.5, 0.6) is 0 Å². The second-order valence-electron chi connectivity index (χ2n) is 10.5. The van der Waals surface area contributed by atoms with Crippen LogP contribution >= 0.6 is 11.6 Å². The van der Waals surface area contributed by atoms with Gasteiger partial charge in [-0.25, -0.2) is 0 Å². The average Bonchev–Trinajstić information content (AvgIpc) is 3.04. The molecular weight excluding hydrogens is 579 g/mol. The Hall–Kier alpha value is -4.31. The molecule has 11 heteroatoms. The van der Waals surface area contributed by atoms with Crippen LogP contribution in [0.25, 0.3) is 11.3 Å². The first-order valence-corrected chi connectivity index (χ1v) is 14.5. The molecule has 2 aliphatic rings. The summed E-state index contributed by atoms with van der Waals surface area (Å²) in [6.45, 7) is 1.74. The number of pyridine rings is 1. The number of halogens is 4. The predicted octanol–water partition coefficient (Wildman–Crippen LogP) is 6.28. The van der Waals surface area contributed by atoms with E-state index < -0.39 is 23.2 Å². The maximum absolute atomic E-state index is 13.5. The van der Waals surface area contributed by atoms with E-state index in [1.807, 2.05) is 18.2 Å². The Bertz CT molecular complexity index is 1550. The molecule has 2 amide bonds. The summed E-state index contributed by atoms with van der Waals surface area (Å²) in [5.74, 6) is -0.825. The fraction of sp³-hybridized carbons (Fsp3) is 0.281. The molecule has 0 spiro atoms. The highest BCUT2D eigenvalue weighted by Crippen LogP contribution is 2.34. The number of rotatable bonds is 8. The monoisotopic (exact) mass is 609 g/mol. The number of nitrogens with one attached hydrogen (secondary N) is 3. The maximum Gasteiger partial charge on any atom is 0.416 e. The molecule has 0 bridgehead atoms. The van der Waals surface area contributed by atoms with Gasteiger partial charge in [0.1, 0.15) is 5.54 Å². The third kappa shape index (κ3) is 7.02. The number of piperidine rings is 1. The summed E-state index contributed by atoms with van der Waals surface area (Å²) >= 11 is 6.21. The number of nitrogens with zero attached hydrogens (tertiary/aromatic N) is 2. The third-order valence-corrected chi connectivity index (χ3v) is 7.94. The van der Waals surface area contributed by atoms with Crippen LogP contribution in [-0.4, -0.2) is 41.3 Å². The van der Waals surface area contributed by atoms with Gasteiger partial charge in [-0.05, 0) is 85.6 Å². The number of benzene rings is 2. The number of allylic oxidation sites excluding steroid dienone is 2. The van der Waals surface area contributed by atoms with Gasteiger partial charge in [-0.15, -0.1) is 11.6 Å². The molecule has 0 radical (unpaired) electrons. The summed E-state index contributed by atoms with van der Waals surface area (Å²) in [6, 6.07) is 13.7. The summed E-state index contributed by atoms with van der Waals surface area (Å²) in [5.41, 5.74) is 1.21. The van der Waals surface area contributed by atoms with E-state index in [-0.39, 0.29) is 23.9 Å². The molecule has 3 N–H and O–H groups in total. The lowest BCUT2D eigenvalue weighted by Crippen LogP contribution is -2.53. The van der Waals surface area contributed by atoms with E-state index in [2.05, 4.69) is 25.8 Å². The number of dihydropyridines is 1. The summed E-state index contributed by atoms with van der Waals surface area (Å²) < 4.78 is 39.3. The highest BCUT2D eigenvalue weighted by Gasteiger charge is 2.35. The Balaban J connectivity index is 1.42. The largest absolute Gasteiger partial charge is 0.416 e. The Morgan fingerprint density at radius 1 is 1.02 bits per heavy atom. The zero-order chi connectivity index (χ0) is 30.5. The van der Waals surface area contributed by atoms with Crippen LogP contribution in [0.3, 0.4) is 0 Å². The highest BCUT2D eigenvalue weighted by atomic mass is 35.5. The van der Waals surface area contributed by atoms with Crippen molar-refractivity contribution in [3.8, 4) is 11.3 Å². The van der Waals surface area contributed by atoms with E-state index in [9.17, 15) is 22.8 Å². The second kappa shape index (κ2) is 12.9. The van der Waals surface area contributed by atoms with Crippen LogP contribution in [0.2, 0.25) is 0 Å². The summed E-state index contributed by atoms with van der Waals surface area (Å²) in [7, 11) is 0. The third-order valence-electron chi connectivity index (χ3n) is 7.52. The van der Waals surface area contributed by atoms with Crippen molar-refractivity contribution in [2.75, 3.05) is 29.2 Å². The van der Waals surface area contributed by atoms with Crippen molar-refractivity contribution in [2.24, 2.45) is 0 Å². The molecule has 1 unspecified atom stereocenters. The van der Waals surface area contributed by atoms with E-state index in [0.717, 1.165) is 43.8 Å². The summed E-state index contributed by atoms with van der Waals surface area (Å²) in [5, 5.41) is 8.72. The van der Waals surface area contributed by atoms with E-state index in [4.69, 9.17) is 11.6 Å². The Labute approximate surface area is 252 Å². The number of anilines is 2. The number of alkyl halides is 4. The van der Waals surface area contributed by atoms with Crippen molar-refractivity contribution in [3.63, 3.8) is 0 Å². The molecule has 3 heterocycles. The van der Waals surface area contributed by atoms with Crippen molar-refractivity contribution in [1.82, 2.24) is 15.6 Å². The van der Waals surface area contributed by atoms with Crippen molar-refractivity contribution in [2.45, 2.75) is 37.5 Å². The lowest BCUT2D eigenvalue weighted by Gasteiger charge is -2.31. The molecule has 7 nitrogen and oxygen atoms in total. The molecule has 1 saturated heterocycles. The Morgan fingerprint density at radius 3 is 2.56 bits per heavy atom. The van der Waals surface area contributed by atoms with Gasteiger partial charge in [0.2, 0.25) is 0 Å². The molecule has 1 atom stereocenters. The van der Waals surface area contributed by atoms with Crippen LogP contribution in [0.1, 0.15) is 40.7 Å². The van der Waals surface area contributed by atoms with Gasteiger partial charge in [0.15, 0.2) is 0 Å². The number of carbonyl (C=O) groups excluding carboxylic acids is 2. The first-order valence-electron chi connectivity index (χ1n) is 14.0. The van der Waals surface area contributed by atoms with Crippen LogP contribution in [0.15, 0.2) is 85.2 Å². The van der Waals surface area contributed by atoms with E-state index in [1.54, 1.807) is 30.5 Å². The fourth-order valence-corrected chi connectivity index (χ4v) is 5.39. The maximum atomic E-state index is 13.5. The van der Waals surface area contributed by atoms with Gasteiger partial charge in [-0.2, -0.15) is 13.2 Å². The van der Waals surface area contributed by atoms with Gasteiger partial charge in [0.05, 0.1) is 22.8 Å². The Kier molecular flexibility index (Phi) is 9.05. The van der Waals surface area contributed by atoms with Gasteiger partial charge < -0.3 is 20.9 Å². The van der Waals surface area contributed by atoms with Crippen molar-refractivity contribution < 1.29 is 22.8 Å². The second-order valence-corrected chi connectivity index (χ2v) is 10.8. The van der Waals surface area contributed by atoms with Crippen LogP contribution < -0.4 is 20.9 Å². The molecule has 3 aromatic rings. The van der Waals surface area contributed by atoms with Crippen LogP contribution in [-0.2, 0) is 17.5 Å². The predicted molar refractivity (Wildman–Crippen MR) is 162 cm³/mol. The van der Waals surface area contributed by atoms with E-state index >= 15 is 0 Å². The zero-order valence-electron chi connectivity index (χ0n) is 23.3. The van der Waals surface area contributed by atoms with Gasteiger partial charge in [0, 0.05) is 42.6 Å². The Morgan fingerprint density at radius 2 is 1.84 bits per heavy atom. The van der Waals surface area contributed by atoms with E-state index in [0.29, 0.717) is 22.5 Å². The average molecular weight is 610 g/mol. The van der Waals surface area contributed by atoms with Gasteiger partial charge in [-0.3, -0.25) is 14.6 Å². The zero-order valence-corrected chi connectivity index (χ0v) is 24.0. The molecule has 43 heavy (non-hydrogen) atoms. The molecule has 1 fully saturated rings. The summed E-state index contributed by atoms with van der Waals surface area (Å²) in [4.78, 5) is 33.3. The van der Waals surface area contributed by atoms with Gasteiger partial charge in [0.25, 0.3) is 11.8 Å². The normalized spacial score (nSPS) is 18.2. The summed E-state index contributed by atoms with van der Waals surface area (Å²) in [6.07, 6.45) is 7.23. The number of hydrogen-bond donors (Lipinski definition) is 3. The lowest BCUT2D eigenvalue weighted by molar-refractivity contribution is -0.137. The molecule has 5 rings (SSSR count). The van der Waals surface area contributed by atoms with Crippen molar-refractivity contribution in [3.05, 3.63) is 102 Å². The number of amides is 2. The number of aromatic nitrogens is 1. The molecule has 2 aliphatic heterocycles. The van der Waals surface area contributed by atoms with Gasteiger partial charge >= 0.3 is 6.18 Å². The molecule has 2 aromatic carbocycles. The van der Waals surface area contributed by atoms with E-state index in [1.165, 1.54) is 30.8 Å². The number of carbonyl (C=O) groups is 2. The fourth-order valence-electron chi connectivity index (χ4n) is 5.10. The first-order chi connectivity index (χ1) is 20.7. The SMILES string of the molecule is O=C(NCc1cccc(C(F)(F)F)c1)c1ccnc(-c2cc(N3CCCCC3)ccc2NC(=O)C2(CCl)C=CC=CN2)c1.